The summed E-state index contributed by atoms with van der Waals surface area (Å²) in [5, 5.41) is 0. The van der Waals surface area contributed by atoms with Crippen molar-refractivity contribution in [2.24, 2.45) is 0 Å². The van der Waals surface area contributed by atoms with Crippen LogP contribution in [0.25, 0.3) is 11.5 Å². The van der Waals surface area contributed by atoms with E-state index in [1.165, 1.54) is 0 Å². The SMILES string of the molecule is Cc1c(C)c(C)c([NH-])c([NH-])c1C.[Cu+2]. The van der Waals surface area contributed by atoms with Gasteiger partial charge in [0.05, 0.1) is 0 Å². The minimum Gasteiger partial charge on any atom is -0.699 e. The Morgan fingerprint density at radius 1 is 0.615 bits per heavy atom. The molecule has 2 N–H and O–H groups in total. The molecule has 0 unspecified atom stereocenters. The van der Waals surface area contributed by atoms with Gasteiger partial charge in [0.25, 0.3) is 0 Å². The number of benzene rings is 1. The van der Waals surface area contributed by atoms with Crippen LogP contribution in [0.15, 0.2) is 0 Å². The Bertz CT molecular complexity index is 227. The molecule has 3 heteroatoms. The quantitative estimate of drug-likeness (QED) is 0.592. The van der Waals surface area contributed by atoms with Gasteiger partial charge in [-0.1, -0.05) is 11.1 Å². The molecule has 0 aromatic heterocycles. The molecule has 2 nitrogen and oxygen atoms in total. The van der Waals surface area contributed by atoms with Crippen molar-refractivity contribution in [1.29, 1.82) is 0 Å². The van der Waals surface area contributed by atoms with Crippen LogP contribution >= 0.6 is 0 Å². The van der Waals surface area contributed by atoms with E-state index in [1.807, 2.05) is 27.7 Å². The van der Waals surface area contributed by atoms with Crippen LogP contribution in [0.2, 0.25) is 0 Å². The third-order valence-corrected chi connectivity index (χ3v) is 2.69. The van der Waals surface area contributed by atoms with Gasteiger partial charge in [0.15, 0.2) is 0 Å². The van der Waals surface area contributed by atoms with Crippen molar-refractivity contribution in [3.8, 4) is 0 Å². The van der Waals surface area contributed by atoms with Crippen molar-refractivity contribution in [2.45, 2.75) is 27.7 Å². The first-order valence-electron chi connectivity index (χ1n) is 4.00. The Balaban J connectivity index is 0.00000144. The summed E-state index contributed by atoms with van der Waals surface area (Å²) in [6, 6.07) is 0. The summed E-state index contributed by atoms with van der Waals surface area (Å²) in [5.74, 6) is 0. The molecule has 0 amide bonds. The van der Waals surface area contributed by atoms with Gasteiger partial charge in [-0.15, -0.1) is 0 Å². The average molecular weight is 226 g/mol. The summed E-state index contributed by atoms with van der Waals surface area (Å²) in [4.78, 5) is 0. The summed E-state index contributed by atoms with van der Waals surface area (Å²) in [6.45, 7) is 7.83. The van der Waals surface area contributed by atoms with Crippen molar-refractivity contribution in [3.63, 3.8) is 0 Å². The number of rotatable bonds is 0. The molecule has 0 aliphatic rings. The van der Waals surface area contributed by atoms with Crippen LogP contribution in [-0.4, -0.2) is 0 Å². The van der Waals surface area contributed by atoms with Crippen molar-refractivity contribution < 1.29 is 17.1 Å². The first-order valence-corrected chi connectivity index (χ1v) is 4.00. The molecule has 0 fully saturated rings. The largest absolute Gasteiger partial charge is 2.00 e. The molecule has 1 aromatic carbocycles. The standard InChI is InChI=1S/C10H14N2.Cu/c1-5-6(2)8(4)10(12)9(11)7(5)3;/h11-12H,1-4H3;/q-2;+2. The molecule has 0 atom stereocenters. The van der Waals surface area contributed by atoms with Gasteiger partial charge < -0.3 is 11.5 Å². The van der Waals surface area contributed by atoms with E-state index in [0.717, 1.165) is 22.3 Å². The first kappa shape index (κ1) is 12.3. The van der Waals surface area contributed by atoms with Gasteiger partial charge in [-0.05, 0) is 38.8 Å². The fraction of sp³-hybridized carbons (Fsp3) is 0.400. The monoisotopic (exact) mass is 225 g/mol. The minimum atomic E-state index is 0. The third kappa shape index (κ3) is 1.82. The molecule has 0 spiro atoms. The second-order valence-corrected chi connectivity index (χ2v) is 3.25. The summed E-state index contributed by atoms with van der Waals surface area (Å²) in [5.41, 5.74) is 20.2. The first-order chi connectivity index (χ1) is 5.46. The maximum Gasteiger partial charge on any atom is 2.00 e. The van der Waals surface area contributed by atoms with E-state index in [4.69, 9.17) is 11.5 Å². The predicted molar refractivity (Wildman–Crippen MR) is 53.4 cm³/mol. The van der Waals surface area contributed by atoms with Gasteiger partial charge in [-0.2, -0.15) is 11.4 Å². The molecule has 1 aromatic rings. The van der Waals surface area contributed by atoms with Crippen molar-refractivity contribution in [3.05, 3.63) is 33.7 Å². The summed E-state index contributed by atoms with van der Waals surface area (Å²) >= 11 is 0. The fourth-order valence-corrected chi connectivity index (χ4v) is 1.31. The Kier molecular flexibility index (Phi) is 3.83. The van der Waals surface area contributed by atoms with Gasteiger partial charge in [0.2, 0.25) is 0 Å². The van der Waals surface area contributed by atoms with Crippen LogP contribution in [0.1, 0.15) is 22.3 Å². The summed E-state index contributed by atoms with van der Waals surface area (Å²) < 4.78 is 0. The van der Waals surface area contributed by atoms with Crippen LogP contribution in [0.3, 0.4) is 0 Å². The van der Waals surface area contributed by atoms with E-state index in [-0.39, 0.29) is 17.1 Å². The zero-order valence-electron chi connectivity index (χ0n) is 8.30. The van der Waals surface area contributed by atoms with Crippen LogP contribution < -0.4 is 0 Å². The molecule has 0 heterocycles. The topological polar surface area (TPSA) is 47.6 Å². The Labute approximate surface area is 90.2 Å². The fourth-order valence-electron chi connectivity index (χ4n) is 1.31. The molecule has 0 bridgehead atoms. The molecule has 0 saturated carbocycles. The third-order valence-electron chi connectivity index (χ3n) is 2.69. The number of hydrogen-bond donors (Lipinski definition) is 0. The van der Waals surface area contributed by atoms with E-state index in [1.54, 1.807) is 0 Å². The predicted octanol–water partition coefficient (Wildman–Crippen LogP) is 4.29. The number of nitrogens with one attached hydrogen (secondary N) is 2. The maximum atomic E-state index is 7.63. The van der Waals surface area contributed by atoms with E-state index in [9.17, 15) is 0 Å². The summed E-state index contributed by atoms with van der Waals surface area (Å²) in [6.07, 6.45) is 0. The Morgan fingerprint density at radius 2 is 0.846 bits per heavy atom. The zero-order chi connectivity index (χ0) is 9.46. The second kappa shape index (κ2) is 4.03. The van der Waals surface area contributed by atoms with Crippen LogP contribution in [0, 0.1) is 27.7 Å². The molecular formula is C10H14CuN2. The zero-order valence-corrected chi connectivity index (χ0v) is 9.24. The van der Waals surface area contributed by atoms with Crippen LogP contribution in [0.5, 0.6) is 0 Å². The minimum absolute atomic E-state index is 0. The molecule has 13 heavy (non-hydrogen) atoms. The van der Waals surface area contributed by atoms with Crippen LogP contribution in [-0.2, 0) is 17.1 Å². The van der Waals surface area contributed by atoms with Crippen LogP contribution in [0.4, 0.5) is 11.4 Å². The normalized spacial score (nSPS) is 9.54. The molecule has 1 radical (unpaired) electrons. The van der Waals surface area contributed by atoms with Gasteiger partial charge in [-0.3, -0.25) is 0 Å². The molecule has 0 saturated heterocycles. The second-order valence-electron chi connectivity index (χ2n) is 3.25. The van der Waals surface area contributed by atoms with Gasteiger partial charge in [0.1, 0.15) is 0 Å². The molecule has 0 aliphatic heterocycles. The molecule has 1 rings (SSSR count). The van der Waals surface area contributed by atoms with Crippen molar-refractivity contribution in [2.75, 3.05) is 0 Å². The van der Waals surface area contributed by atoms with Crippen molar-refractivity contribution >= 4 is 11.4 Å². The van der Waals surface area contributed by atoms with E-state index in [2.05, 4.69) is 0 Å². The number of hydrogen-bond acceptors (Lipinski definition) is 0. The van der Waals surface area contributed by atoms with E-state index >= 15 is 0 Å². The Morgan fingerprint density at radius 3 is 1.08 bits per heavy atom. The van der Waals surface area contributed by atoms with E-state index < -0.39 is 0 Å². The molecular weight excluding hydrogens is 212 g/mol. The summed E-state index contributed by atoms with van der Waals surface area (Å²) in [7, 11) is 0. The molecule has 75 valence electrons. The Hall–Kier alpha value is -0.661. The maximum absolute atomic E-state index is 7.63. The van der Waals surface area contributed by atoms with Gasteiger partial charge >= 0.3 is 17.1 Å². The van der Waals surface area contributed by atoms with Gasteiger partial charge in [0, 0.05) is 0 Å². The van der Waals surface area contributed by atoms with E-state index in [0.29, 0.717) is 11.4 Å². The smallest absolute Gasteiger partial charge is 0.699 e. The van der Waals surface area contributed by atoms with Crippen molar-refractivity contribution in [1.82, 2.24) is 0 Å². The van der Waals surface area contributed by atoms with Gasteiger partial charge in [-0.25, -0.2) is 0 Å². The average Bonchev–Trinajstić information content (AvgIpc) is 2.08. The molecule has 0 aliphatic carbocycles.